The van der Waals surface area contributed by atoms with E-state index in [1.54, 1.807) is 44.2 Å². The van der Waals surface area contributed by atoms with Crippen molar-refractivity contribution in [3.05, 3.63) is 29.6 Å². The Bertz CT molecular complexity index is 736. The van der Waals surface area contributed by atoms with Gasteiger partial charge in [0.15, 0.2) is 5.16 Å². The van der Waals surface area contributed by atoms with E-state index >= 15 is 0 Å². The molecule has 26 heavy (non-hydrogen) atoms. The SMILES string of the molecule is COCCSc1nnc(CCNC(=O)c2ccc(OC)cc2OC)n1C. The summed E-state index contributed by atoms with van der Waals surface area (Å²) in [7, 11) is 6.67. The summed E-state index contributed by atoms with van der Waals surface area (Å²) in [6.45, 7) is 1.11. The number of carbonyl (C=O) groups is 1. The van der Waals surface area contributed by atoms with Gasteiger partial charge in [-0.2, -0.15) is 0 Å². The van der Waals surface area contributed by atoms with Crippen molar-refractivity contribution in [2.45, 2.75) is 11.6 Å². The molecule has 0 aliphatic carbocycles. The van der Waals surface area contributed by atoms with Crippen LogP contribution in [-0.2, 0) is 18.2 Å². The third kappa shape index (κ3) is 5.12. The predicted molar refractivity (Wildman–Crippen MR) is 99.2 cm³/mol. The van der Waals surface area contributed by atoms with Crippen LogP contribution in [0.3, 0.4) is 0 Å². The topological polar surface area (TPSA) is 87.5 Å². The zero-order valence-electron chi connectivity index (χ0n) is 15.4. The normalized spacial score (nSPS) is 10.6. The van der Waals surface area contributed by atoms with Crippen molar-refractivity contribution in [1.29, 1.82) is 0 Å². The van der Waals surface area contributed by atoms with E-state index < -0.39 is 0 Å². The molecule has 0 aliphatic rings. The van der Waals surface area contributed by atoms with Crippen molar-refractivity contribution < 1.29 is 19.0 Å². The summed E-state index contributed by atoms with van der Waals surface area (Å²) in [6.07, 6.45) is 0.582. The highest BCUT2D eigenvalue weighted by molar-refractivity contribution is 7.99. The van der Waals surface area contributed by atoms with E-state index in [1.165, 1.54) is 7.11 Å². The highest BCUT2D eigenvalue weighted by atomic mass is 32.2. The molecule has 2 aromatic rings. The number of aromatic nitrogens is 3. The zero-order valence-corrected chi connectivity index (χ0v) is 16.3. The fourth-order valence-corrected chi connectivity index (χ4v) is 3.10. The second-order valence-corrected chi connectivity index (χ2v) is 6.43. The van der Waals surface area contributed by atoms with Crippen LogP contribution in [-0.4, -0.2) is 60.9 Å². The predicted octanol–water partition coefficient (Wildman–Crippen LogP) is 1.54. The number of ether oxygens (including phenoxy) is 3. The lowest BCUT2D eigenvalue weighted by molar-refractivity contribution is 0.0951. The summed E-state index contributed by atoms with van der Waals surface area (Å²) in [6, 6.07) is 5.09. The minimum absolute atomic E-state index is 0.207. The molecule has 0 saturated carbocycles. The Morgan fingerprint density at radius 3 is 2.73 bits per heavy atom. The number of rotatable bonds is 10. The number of carbonyl (C=O) groups excluding carboxylic acids is 1. The number of nitrogens with one attached hydrogen (secondary N) is 1. The van der Waals surface area contributed by atoms with Gasteiger partial charge in [-0.25, -0.2) is 0 Å². The second-order valence-electron chi connectivity index (χ2n) is 5.37. The molecular formula is C17H24N4O4S. The van der Waals surface area contributed by atoms with Crippen molar-refractivity contribution >= 4 is 17.7 Å². The van der Waals surface area contributed by atoms with Crippen LogP contribution in [0.2, 0.25) is 0 Å². The average molecular weight is 380 g/mol. The first-order valence-electron chi connectivity index (χ1n) is 8.11. The van der Waals surface area contributed by atoms with Crippen LogP contribution in [0.4, 0.5) is 0 Å². The molecule has 1 amide bonds. The molecule has 0 radical (unpaired) electrons. The van der Waals surface area contributed by atoms with Crippen LogP contribution in [0.5, 0.6) is 11.5 Å². The van der Waals surface area contributed by atoms with Crippen molar-refractivity contribution in [1.82, 2.24) is 20.1 Å². The number of methoxy groups -OCH3 is 3. The molecule has 0 aliphatic heterocycles. The monoisotopic (exact) mass is 380 g/mol. The van der Waals surface area contributed by atoms with Gasteiger partial charge in [0.25, 0.3) is 5.91 Å². The Morgan fingerprint density at radius 2 is 2.04 bits per heavy atom. The molecule has 1 aromatic carbocycles. The number of nitrogens with zero attached hydrogens (tertiary/aromatic N) is 3. The van der Waals surface area contributed by atoms with E-state index in [4.69, 9.17) is 14.2 Å². The van der Waals surface area contributed by atoms with Gasteiger partial charge in [-0.3, -0.25) is 4.79 Å². The fraction of sp³-hybridized carbons (Fsp3) is 0.471. The van der Waals surface area contributed by atoms with Gasteiger partial charge in [-0.15, -0.1) is 10.2 Å². The maximum Gasteiger partial charge on any atom is 0.255 e. The van der Waals surface area contributed by atoms with Crippen molar-refractivity contribution in [2.24, 2.45) is 7.05 Å². The molecule has 1 aromatic heterocycles. The number of benzene rings is 1. The van der Waals surface area contributed by atoms with Gasteiger partial charge in [0.1, 0.15) is 17.3 Å². The minimum Gasteiger partial charge on any atom is -0.497 e. The van der Waals surface area contributed by atoms with Gasteiger partial charge in [0, 0.05) is 38.9 Å². The fourth-order valence-electron chi connectivity index (χ4n) is 2.27. The van der Waals surface area contributed by atoms with Gasteiger partial charge in [0.2, 0.25) is 0 Å². The smallest absolute Gasteiger partial charge is 0.255 e. The first kappa shape index (κ1) is 20.1. The minimum atomic E-state index is -0.207. The van der Waals surface area contributed by atoms with Crippen molar-refractivity contribution in [2.75, 3.05) is 40.2 Å². The standard InChI is InChI=1S/C17H24N4O4S/c1-21-15(19-20-17(21)26-10-9-23-2)7-8-18-16(22)13-6-5-12(24-3)11-14(13)25-4/h5-6,11H,7-10H2,1-4H3,(H,18,22). The molecule has 9 heteroatoms. The largest absolute Gasteiger partial charge is 0.497 e. The van der Waals surface area contributed by atoms with Crippen molar-refractivity contribution in [3.8, 4) is 11.5 Å². The third-order valence-corrected chi connectivity index (χ3v) is 4.72. The molecule has 0 spiro atoms. The molecule has 0 fully saturated rings. The number of hydrogen-bond donors (Lipinski definition) is 1. The average Bonchev–Trinajstić information content (AvgIpc) is 3.01. The van der Waals surface area contributed by atoms with Crippen molar-refractivity contribution in [3.63, 3.8) is 0 Å². The highest BCUT2D eigenvalue weighted by Crippen LogP contribution is 2.24. The first-order chi connectivity index (χ1) is 12.6. The van der Waals surface area contributed by atoms with E-state index in [9.17, 15) is 4.79 Å². The van der Waals surface area contributed by atoms with Crippen LogP contribution >= 0.6 is 11.8 Å². The summed E-state index contributed by atoms with van der Waals surface area (Å²) in [5.74, 6) is 2.53. The number of amides is 1. The zero-order chi connectivity index (χ0) is 18.9. The quantitative estimate of drug-likeness (QED) is 0.494. The maximum absolute atomic E-state index is 12.4. The van der Waals surface area contributed by atoms with Crippen LogP contribution in [0.25, 0.3) is 0 Å². The summed E-state index contributed by atoms with van der Waals surface area (Å²) in [4.78, 5) is 12.4. The third-order valence-electron chi connectivity index (χ3n) is 3.73. The van der Waals surface area contributed by atoms with Crippen LogP contribution in [0, 0.1) is 0 Å². The van der Waals surface area contributed by atoms with Gasteiger partial charge in [-0.05, 0) is 12.1 Å². The summed E-state index contributed by atoms with van der Waals surface area (Å²) >= 11 is 1.59. The Labute approximate surface area is 157 Å². The van der Waals surface area contributed by atoms with E-state index in [2.05, 4.69) is 15.5 Å². The van der Waals surface area contributed by atoms with Gasteiger partial charge in [-0.1, -0.05) is 11.8 Å². The van der Waals surface area contributed by atoms with E-state index in [0.717, 1.165) is 16.7 Å². The Kier molecular flexibility index (Phi) is 7.73. The summed E-state index contributed by atoms with van der Waals surface area (Å²) in [5.41, 5.74) is 0.460. The first-order valence-corrected chi connectivity index (χ1v) is 9.09. The maximum atomic E-state index is 12.4. The molecule has 0 atom stereocenters. The molecule has 0 unspecified atom stereocenters. The number of hydrogen-bond acceptors (Lipinski definition) is 7. The van der Waals surface area contributed by atoms with Crippen LogP contribution in [0.15, 0.2) is 23.4 Å². The van der Waals surface area contributed by atoms with Crippen LogP contribution < -0.4 is 14.8 Å². The molecule has 2 rings (SSSR count). The lowest BCUT2D eigenvalue weighted by Crippen LogP contribution is -2.26. The molecule has 1 heterocycles. The van der Waals surface area contributed by atoms with E-state index in [-0.39, 0.29) is 5.91 Å². The summed E-state index contributed by atoms with van der Waals surface area (Å²) < 4.78 is 17.4. The Balaban J connectivity index is 1.91. The Hall–Kier alpha value is -2.26. The number of thioether (sulfide) groups is 1. The lowest BCUT2D eigenvalue weighted by atomic mass is 10.1. The van der Waals surface area contributed by atoms with E-state index in [1.807, 2.05) is 11.6 Å². The molecule has 1 N–H and O–H groups in total. The van der Waals surface area contributed by atoms with Gasteiger partial charge >= 0.3 is 0 Å². The highest BCUT2D eigenvalue weighted by Gasteiger charge is 2.14. The Morgan fingerprint density at radius 1 is 1.23 bits per heavy atom. The van der Waals surface area contributed by atoms with E-state index in [0.29, 0.717) is 36.6 Å². The molecule has 142 valence electrons. The lowest BCUT2D eigenvalue weighted by Gasteiger charge is -2.10. The van der Waals surface area contributed by atoms with Crippen LogP contribution in [0.1, 0.15) is 16.2 Å². The molecule has 8 nitrogen and oxygen atoms in total. The van der Waals surface area contributed by atoms with Gasteiger partial charge in [0.05, 0.1) is 26.4 Å². The van der Waals surface area contributed by atoms with Gasteiger partial charge < -0.3 is 24.1 Å². The second kappa shape index (κ2) is 10.0. The molecule has 0 saturated heterocycles. The molecular weight excluding hydrogens is 356 g/mol. The molecule has 0 bridgehead atoms. The summed E-state index contributed by atoms with van der Waals surface area (Å²) in [5, 5.41) is 12.1.